The molecule has 3 nitrogen and oxygen atoms in total. The van der Waals surface area contributed by atoms with Crippen LogP contribution in [0.3, 0.4) is 0 Å². The number of nitrogens with one attached hydrogen (secondary N) is 1. The summed E-state index contributed by atoms with van der Waals surface area (Å²) in [5.74, 6) is 1.73. The summed E-state index contributed by atoms with van der Waals surface area (Å²) >= 11 is 0. The summed E-state index contributed by atoms with van der Waals surface area (Å²) < 4.78 is 5.27. The van der Waals surface area contributed by atoms with E-state index in [2.05, 4.69) is 11.1 Å². The van der Waals surface area contributed by atoms with E-state index < -0.39 is 0 Å². The standard InChI is InChI=1S/C14H18N2O.ClH/c1-17-10-4-5-14-11(7-10)12(8-16-14)13(15)6-9-2-3-9;/h4-5,7-9,13,16H,2-3,6,15H2,1H3;1H/t13-;/m1./s1. The summed E-state index contributed by atoms with van der Waals surface area (Å²) in [5, 5.41) is 1.19. The zero-order valence-corrected chi connectivity index (χ0v) is 11.3. The Balaban J connectivity index is 0.00000120. The Morgan fingerprint density at radius 2 is 2.22 bits per heavy atom. The van der Waals surface area contributed by atoms with Crippen LogP contribution in [0, 0.1) is 5.92 Å². The summed E-state index contributed by atoms with van der Waals surface area (Å²) in [4.78, 5) is 3.28. The molecule has 0 radical (unpaired) electrons. The largest absolute Gasteiger partial charge is 0.497 e. The van der Waals surface area contributed by atoms with Gasteiger partial charge in [0, 0.05) is 23.1 Å². The molecule has 0 amide bonds. The van der Waals surface area contributed by atoms with E-state index in [-0.39, 0.29) is 18.4 Å². The summed E-state index contributed by atoms with van der Waals surface area (Å²) in [6.45, 7) is 0. The van der Waals surface area contributed by atoms with Crippen molar-refractivity contribution in [3.8, 4) is 5.75 Å². The van der Waals surface area contributed by atoms with E-state index in [4.69, 9.17) is 10.5 Å². The van der Waals surface area contributed by atoms with Gasteiger partial charge in [0.1, 0.15) is 5.75 Å². The van der Waals surface area contributed by atoms with Crippen LogP contribution in [0.15, 0.2) is 24.4 Å². The maximum absolute atomic E-state index is 6.28. The predicted molar refractivity (Wildman–Crippen MR) is 76.4 cm³/mol. The lowest BCUT2D eigenvalue weighted by Crippen LogP contribution is -2.10. The molecule has 0 bridgehead atoms. The van der Waals surface area contributed by atoms with Gasteiger partial charge in [-0.25, -0.2) is 0 Å². The predicted octanol–water partition coefficient (Wildman–Crippen LogP) is 3.40. The molecule has 1 aliphatic rings. The van der Waals surface area contributed by atoms with E-state index in [1.165, 1.54) is 23.8 Å². The summed E-state index contributed by atoms with van der Waals surface area (Å²) in [7, 11) is 1.69. The van der Waals surface area contributed by atoms with Gasteiger partial charge in [-0.3, -0.25) is 0 Å². The Hall–Kier alpha value is -1.19. The Kier molecular flexibility index (Phi) is 3.83. The minimum absolute atomic E-state index is 0. The van der Waals surface area contributed by atoms with Crippen LogP contribution < -0.4 is 10.5 Å². The van der Waals surface area contributed by atoms with Crippen LogP contribution in [0.4, 0.5) is 0 Å². The first kappa shape index (κ1) is 13.2. The van der Waals surface area contributed by atoms with Crippen molar-refractivity contribution in [1.29, 1.82) is 0 Å². The number of fused-ring (bicyclic) bond motifs is 1. The third-order valence-electron chi connectivity index (χ3n) is 3.60. The number of ether oxygens (including phenoxy) is 1. The molecule has 98 valence electrons. The van der Waals surface area contributed by atoms with Crippen LogP contribution in [-0.4, -0.2) is 12.1 Å². The van der Waals surface area contributed by atoms with Gasteiger partial charge in [-0.1, -0.05) is 12.8 Å². The zero-order chi connectivity index (χ0) is 11.8. The summed E-state index contributed by atoms with van der Waals surface area (Å²) in [6, 6.07) is 6.22. The molecule has 0 aliphatic heterocycles. The number of hydrogen-bond donors (Lipinski definition) is 2. The van der Waals surface area contributed by atoms with Crippen LogP contribution in [0.2, 0.25) is 0 Å². The molecular formula is C14H19ClN2O. The maximum atomic E-state index is 6.28. The zero-order valence-electron chi connectivity index (χ0n) is 10.5. The number of H-pyrrole nitrogens is 1. The minimum atomic E-state index is 0. The number of hydrogen-bond acceptors (Lipinski definition) is 2. The monoisotopic (exact) mass is 266 g/mol. The fourth-order valence-electron chi connectivity index (χ4n) is 2.39. The highest BCUT2D eigenvalue weighted by Crippen LogP contribution is 2.38. The lowest BCUT2D eigenvalue weighted by atomic mass is 10.0. The van der Waals surface area contributed by atoms with Crippen molar-refractivity contribution in [2.24, 2.45) is 11.7 Å². The molecule has 3 rings (SSSR count). The average Bonchev–Trinajstić information content (AvgIpc) is 3.05. The number of rotatable bonds is 4. The fraction of sp³-hybridized carbons (Fsp3) is 0.429. The fourth-order valence-corrected chi connectivity index (χ4v) is 2.39. The van der Waals surface area contributed by atoms with E-state index in [0.717, 1.165) is 23.6 Å². The first-order valence-electron chi connectivity index (χ1n) is 6.18. The molecule has 3 N–H and O–H groups in total. The highest BCUT2D eigenvalue weighted by atomic mass is 35.5. The molecule has 1 saturated carbocycles. The smallest absolute Gasteiger partial charge is 0.119 e. The highest BCUT2D eigenvalue weighted by molar-refractivity contribution is 5.85. The second-order valence-electron chi connectivity index (χ2n) is 4.94. The number of methoxy groups -OCH3 is 1. The Labute approximate surface area is 113 Å². The lowest BCUT2D eigenvalue weighted by molar-refractivity contribution is 0.415. The maximum Gasteiger partial charge on any atom is 0.119 e. The second kappa shape index (κ2) is 5.21. The van der Waals surface area contributed by atoms with Crippen molar-refractivity contribution in [3.63, 3.8) is 0 Å². The van der Waals surface area contributed by atoms with Crippen molar-refractivity contribution in [2.75, 3.05) is 7.11 Å². The Bertz CT molecular complexity index is 534. The third-order valence-corrected chi connectivity index (χ3v) is 3.60. The second-order valence-corrected chi connectivity index (χ2v) is 4.94. The molecular weight excluding hydrogens is 248 g/mol. The molecule has 1 aliphatic carbocycles. The molecule has 2 aromatic rings. The van der Waals surface area contributed by atoms with Crippen molar-refractivity contribution < 1.29 is 4.74 Å². The molecule has 1 fully saturated rings. The Morgan fingerprint density at radius 3 is 2.89 bits per heavy atom. The van der Waals surface area contributed by atoms with E-state index in [1.807, 2.05) is 18.3 Å². The average molecular weight is 267 g/mol. The lowest BCUT2D eigenvalue weighted by Gasteiger charge is -2.10. The van der Waals surface area contributed by atoms with E-state index in [1.54, 1.807) is 7.11 Å². The van der Waals surface area contributed by atoms with Gasteiger partial charge in [-0.2, -0.15) is 0 Å². The number of halogens is 1. The number of nitrogens with two attached hydrogens (primary N) is 1. The van der Waals surface area contributed by atoms with Gasteiger partial charge >= 0.3 is 0 Å². The molecule has 18 heavy (non-hydrogen) atoms. The van der Waals surface area contributed by atoms with Gasteiger partial charge in [0.2, 0.25) is 0 Å². The molecule has 1 heterocycles. The molecule has 0 saturated heterocycles. The van der Waals surface area contributed by atoms with E-state index in [9.17, 15) is 0 Å². The van der Waals surface area contributed by atoms with Crippen molar-refractivity contribution in [1.82, 2.24) is 4.98 Å². The van der Waals surface area contributed by atoms with E-state index in [0.29, 0.717) is 0 Å². The summed E-state index contributed by atoms with van der Waals surface area (Å²) in [5.41, 5.74) is 8.62. The first-order valence-corrected chi connectivity index (χ1v) is 6.18. The highest BCUT2D eigenvalue weighted by Gasteiger charge is 2.25. The normalized spacial score (nSPS) is 16.3. The van der Waals surface area contributed by atoms with Gasteiger partial charge in [0.05, 0.1) is 7.11 Å². The Morgan fingerprint density at radius 1 is 1.44 bits per heavy atom. The van der Waals surface area contributed by atoms with Gasteiger partial charge in [0.25, 0.3) is 0 Å². The third kappa shape index (κ3) is 2.47. The van der Waals surface area contributed by atoms with Crippen LogP contribution in [0.25, 0.3) is 10.9 Å². The van der Waals surface area contributed by atoms with Crippen molar-refractivity contribution in [2.45, 2.75) is 25.3 Å². The summed E-state index contributed by atoms with van der Waals surface area (Å²) in [6.07, 6.45) is 5.83. The van der Waals surface area contributed by atoms with Crippen LogP contribution in [0.1, 0.15) is 30.9 Å². The topological polar surface area (TPSA) is 51.0 Å². The van der Waals surface area contributed by atoms with Crippen molar-refractivity contribution in [3.05, 3.63) is 30.0 Å². The molecule has 0 spiro atoms. The molecule has 1 aromatic carbocycles. The SMILES string of the molecule is COc1ccc2[nH]cc([C@H](N)CC3CC3)c2c1.Cl. The van der Waals surface area contributed by atoms with Crippen molar-refractivity contribution >= 4 is 23.3 Å². The quantitative estimate of drug-likeness (QED) is 0.891. The molecule has 1 aromatic heterocycles. The van der Waals surface area contributed by atoms with Crippen LogP contribution in [0.5, 0.6) is 5.75 Å². The van der Waals surface area contributed by atoms with Gasteiger partial charge < -0.3 is 15.5 Å². The molecule has 0 unspecified atom stereocenters. The molecule has 4 heteroatoms. The van der Waals surface area contributed by atoms with Crippen LogP contribution >= 0.6 is 12.4 Å². The number of aromatic amines is 1. The van der Waals surface area contributed by atoms with Gasteiger partial charge in [-0.05, 0) is 36.1 Å². The number of benzene rings is 1. The molecule has 1 atom stereocenters. The van der Waals surface area contributed by atoms with Gasteiger partial charge in [-0.15, -0.1) is 12.4 Å². The van der Waals surface area contributed by atoms with Gasteiger partial charge in [0.15, 0.2) is 0 Å². The van der Waals surface area contributed by atoms with Crippen LogP contribution in [-0.2, 0) is 0 Å². The van der Waals surface area contributed by atoms with E-state index >= 15 is 0 Å². The minimum Gasteiger partial charge on any atom is -0.497 e. The number of aromatic nitrogens is 1. The first-order chi connectivity index (χ1) is 8.28.